The third-order valence-electron chi connectivity index (χ3n) is 3.69. The van der Waals surface area contributed by atoms with Gasteiger partial charge < -0.3 is 14.8 Å². The Hall–Kier alpha value is -3.42. The van der Waals surface area contributed by atoms with E-state index in [0.29, 0.717) is 35.0 Å². The minimum Gasteiger partial charge on any atom is -0.497 e. The maximum Gasteiger partial charge on any atom is 0.252 e. The lowest BCUT2D eigenvalue weighted by atomic mass is 10.1. The number of aromatic amines is 1. The molecule has 8 nitrogen and oxygen atoms in total. The second-order valence-electron chi connectivity index (χ2n) is 5.14. The van der Waals surface area contributed by atoms with Crippen LogP contribution in [0, 0.1) is 0 Å². The number of carbonyl (C=O) groups is 1. The number of nitrogens with one attached hydrogen (secondary N) is 2. The highest BCUT2D eigenvalue weighted by Crippen LogP contribution is 2.25. The first kappa shape index (κ1) is 16.4. The summed E-state index contributed by atoms with van der Waals surface area (Å²) in [6.45, 7) is 0.312. The van der Waals surface area contributed by atoms with Gasteiger partial charge in [0.05, 0.1) is 19.8 Å². The summed E-state index contributed by atoms with van der Waals surface area (Å²) in [7, 11) is 3.16. The summed E-state index contributed by atoms with van der Waals surface area (Å²) in [5.74, 6) is 1.46. The number of H-pyrrole nitrogens is 1. The molecule has 0 saturated carbocycles. The number of hydrogen-bond donors (Lipinski definition) is 2. The lowest BCUT2D eigenvalue weighted by molar-refractivity contribution is 0.0951. The molecule has 0 aliphatic heterocycles. The molecule has 0 aliphatic rings. The molecule has 25 heavy (non-hydrogen) atoms. The highest BCUT2D eigenvalue weighted by atomic mass is 16.5. The van der Waals surface area contributed by atoms with E-state index in [4.69, 9.17) is 9.47 Å². The van der Waals surface area contributed by atoms with E-state index >= 15 is 0 Å². The van der Waals surface area contributed by atoms with Crippen LogP contribution in [-0.2, 0) is 6.54 Å². The normalized spacial score (nSPS) is 10.3. The zero-order valence-electron chi connectivity index (χ0n) is 13.8. The lowest BCUT2D eigenvalue weighted by Gasteiger charge is -2.12. The highest BCUT2D eigenvalue weighted by molar-refractivity contribution is 6.00. The van der Waals surface area contributed by atoms with Gasteiger partial charge in [-0.1, -0.05) is 18.2 Å². The number of nitrogens with zero attached hydrogens (tertiary/aromatic N) is 3. The fourth-order valence-corrected chi connectivity index (χ4v) is 2.42. The molecule has 0 atom stereocenters. The Morgan fingerprint density at radius 1 is 1.16 bits per heavy atom. The van der Waals surface area contributed by atoms with Crippen molar-refractivity contribution < 1.29 is 14.3 Å². The molecular weight excluding hydrogens is 322 g/mol. The van der Waals surface area contributed by atoms with Crippen LogP contribution in [0.1, 0.15) is 15.9 Å². The van der Waals surface area contributed by atoms with Crippen molar-refractivity contribution in [1.29, 1.82) is 0 Å². The first-order chi connectivity index (χ1) is 12.2. The van der Waals surface area contributed by atoms with Crippen molar-refractivity contribution in [2.24, 2.45) is 0 Å². The zero-order valence-corrected chi connectivity index (χ0v) is 13.8. The van der Waals surface area contributed by atoms with Crippen LogP contribution in [0.5, 0.6) is 11.5 Å². The number of tetrazole rings is 1. The van der Waals surface area contributed by atoms with Crippen LogP contribution in [0.15, 0.2) is 42.5 Å². The molecule has 0 fully saturated rings. The number of carbonyl (C=O) groups excluding carboxylic acids is 1. The van der Waals surface area contributed by atoms with E-state index in [1.165, 1.54) is 0 Å². The Morgan fingerprint density at radius 2 is 2.00 bits per heavy atom. The SMILES string of the molecule is COc1ccc(CNC(=O)c2ccccc2-c2nn[nH]n2)c(OC)c1. The third kappa shape index (κ3) is 3.57. The Labute approximate surface area is 144 Å². The number of methoxy groups -OCH3 is 2. The fraction of sp³-hybridized carbons (Fsp3) is 0.176. The molecule has 0 aliphatic carbocycles. The van der Waals surface area contributed by atoms with E-state index in [9.17, 15) is 4.79 Å². The molecule has 2 N–H and O–H groups in total. The number of benzene rings is 2. The number of aromatic nitrogens is 4. The van der Waals surface area contributed by atoms with E-state index < -0.39 is 0 Å². The predicted molar refractivity (Wildman–Crippen MR) is 90.3 cm³/mol. The average molecular weight is 339 g/mol. The van der Waals surface area contributed by atoms with Crippen LogP contribution in [0.4, 0.5) is 0 Å². The van der Waals surface area contributed by atoms with Crippen molar-refractivity contribution >= 4 is 5.91 Å². The second-order valence-corrected chi connectivity index (χ2v) is 5.14. The molecule has 1 aromatic heterocycles. The standard InChI is InChI=1S/C17H17N5O3/c1-24-12-8-7-11(15(9-12)25-2)10-18-17(23)14-6-4-3-5-13(14)16-19-21-22-20-16/h3-9H,10H2,1-2H3,(H,18,23)(H,19,20,21,22). The Bertz CT molecular complexity index is 864. The number of hydrogen-bond acceptors (Lipinski definition) is 6. The van der Waals surface area contributed by atoms with Crippen LogP contribution in [0.25, 0.3) is 11.4 Å². The van der Waals surface area contributed by atoms with E-state index in [1.807, 2.05) is 18.2 Å². The van der Waals surface area contributed by atoms with Gasteiger partial charge >= 0.3 is 0 Å². The molecule has 3 aromatic rings. The van der Waals surface area contributed by atoms with E-state index in [2.05, 4.69) is 25.9 Å². The summed E-state index contributed by atoms with van der Waals surface area (Å²) in [5, 5.41) is 16.7. The molecule has 0 saturated heterocycles. The minimum absolute atomic E-state index is 0.238. The average Bonchev–Trinajstić information content (AvgIpc) is 3.20. The van der Waals surface area contributed by atoms with Gasteiger partial charge in [0.2, 0.25) is 5.82 Å². The van der Waals surface area contributed by atoms with Crippen molar-refractivity contribution in [3.8, 4) is 22.9 Å². The molecule has 8 heteroatoms. The van der Waals surface area contributed by atoms with E-state index in [-0.39, 0.29) is 5.91 Å². The number of amides is 1. The second kappa shape index (κ2) is 7.43. The molecule has 1 amide bonds. The Kier molecular flexibility index (Phi) is 4.89. The number of rotatable bonds is 6. The first-order valence-electron chi connectivity index (χ1n) is 7.55. The lowest BCUT2D eigenvalue weighted by Crippen LogP contribution is -2.23. The Balaban J connectivity index is 1.78. The molecule has 0 spiro atoms. The summed E-state index contributed by atoms with van der Waals surface area (Å²) >= 11 is 0. The van der Waals surface area contributed by atoms with E-state index in [1.54, 1.807) is 38.5 Å². The summed E-state index contributed by atoms with van der Waals surface area (Å²) in [6.07, 6.45) is 0. The van der Waals surface area contributed by atoms with Crippen LogP contribution in [0.2, 0.25) is 0 Å². The van der Waals surface area contributed by atoms with Crippen molar-refractivity contribution in [1.82, 2.24) is 25.9 Å². The van der Waals surface area contributed by atoms with Crippen LogP contribution in [0.3, 0.4) is 0 Å². The van der Waals surface area contributed by atoms with Gasteiger partial charge in [-0.05, 0) is 23.4 Å². The van der Waals surface area contributed by atoms with Crippen molar-refractivity contribution in [3.63, 3.8) is 0 Å². The minimum atomic E-state index is -0.238. The molecule has 0 unspecified atom stereocenters. The molecule has 0 radical (unpaired) electrons. The van der Waals surface area contributed by atoms with Gasteiger partial charge in [0.15, 0.2) is 0 Å². The van der Waals surface area contributed by atoms with Gasteiger partial charge in [-0.3, -0.25) is 4.79 Å². The molecule has 2 aromatic carbocycles. The van der Waals surface area contributed by atoms with Crippen LogP contribution < -0.4 is 14.8 Å². The summed E-state index contributed by atoms with van der Waals surface area (Å²) in [6, 6.07) is 12.5. The molecule has 0 bridgehead atoms. The summed E-state index contributed by atoms with van der Waals surface area (Å²) in [5.41, 5.74) is 1.92. The number of ether oxygens (including phenoxy) is 2. The monoisotopic (exact) mass is 339 g/mol. The Morgan fingerprint density at radius 3 is 2.72 bits per heavy atom. The smallest absolute Gasteiger partial charge is 0.252 e. The molecule has 3 rings (SSSR count). The first-order valence-corrected chi connectivity index (χ1v) is 7.55. The quantitative estimate of drug-likeness (QED) is 0.710. The van der Waals surface area contributed by atoms with Gasteiger partial charge in [0, 0.05) is 23.7 Å². The van der Waals surface area contributed by atoms with Crippen LogP contribution in [-0.4, -0.2) is 40.8 Å². The van der Waals surface area contributed by atoms with Gasteiger partial charge in [0.1, 0.15) is 11.5 Å². The van der Waals surface area contributed by atoms with Crippen LogP contribution >= 0.6 is 0 Å². The maximum atomic E-state index is 12.6. The van der Waals surface area contributed by atoms with Crippen molar-refractivity contribution in [2.45, 2.75) is 6.54 Å². The summed E-state index contributed by atoms with van der Waals surface area (Å²) < 4.78 is 10.5. The fourth-order valence-electron chi connectivity index (χ4n) is 2.42. The summed E-state index contributed by atoms with van der Waals surface area (Å²) in [4.78, 5) is 12.6. The topological polar surface area (TPSA) is 102 Å². The largest absolute Gasteiger partial charge is 0.497 e. The molecule has 1 heterocycles. The van der Waals surface area contributed by atoms with Gasteiger partial charge in [-0.2, -0.15) is 5.21 Å². The third-order valence-corrected chi connectivity index (χ3v) is 3.69. The maximum absolute atomic E-state index is 12.6. The van der Waals surface area contributed by atoms with Crippen molar-refractivity contribution in [3.05, 3.63) is 53.6 Å². The molecular formula is C17H17N5O3. The van der Waals surface area contributed by atoms with Gasteiger partial charge in [-0.25, -0.2) is 0 Å². The van der Waals surface area contributed by atoms with Gasteiger partial charge in [-0.15, -0.1) is 10.2 Å². The van der Waals surface area contributed by atoms with Gasteiger partial charge in [0.25, 0.3) is 5.91 Å². The predicted octanol–water partition coefficient (Wildman–Crippen LogP) is 1.81. The van der Waals surface area contributed by atoms with Crippen molar-refractivity contribution in [2.75, 3.05) is 14.2 Å². The zero-order chi connectivity index (χ0) is 17.6. The molecule has 128 valence electrons. The van der Waals surface area contributed by atoms with E-state index in [0.717, 1.165) is 5.56 Å². The highest BCUT2D eigenvalue weighted by Gasteiger charge is 2.15.